The largest absolute Gasteiger partial charge is 0.352 e. The number of hydrogen-bond donors (Lipinski definition) is 3. The van der Waals surface area contributed by atoms with E-state index in [1.165, 1.54) is 0 Å². The molecule has 0 aromatic carbocycles. The van der Waals surface area contributed by atoms with Crippen LogP contribution >= 0.6 is 0 Å². The summed E-state index contributed by atoms with van der Waals surface area (Å²) >= 11 is 0. The molecule has 110 valence electrons. The van der Waals surface area contributed by atoms with Gasteiger partial charge in [-0.1, -0.05) is 20.8 Å². The van der Waals surface area contributed by atoms with Crippen LogP contribution in [0.5, 0.6) is 0 Å². The van der Waals surface area contributed by atoms with E-state index in [4.69, 9.17) is 0 Å². The molecule has 1 atom stereocenters. The van der Waals surface area contributed by atoms with E-state index in [0.717, 1.165) is 0 Å². The fraction of sp³-hybridized carbons (Fsp3) is 0.769. The quantitative estimate of drug-likeness (QED) is 0.666. The highest BCUT2D eigenvalue weighted by Gasteiger charge is 2.25. The van der Waals surface area contributed by atoms with Gasteiger partial charge in [0.15, 0.2) is 0 Å². The summed E-state index contributed by atoms with van der Waals surface area (Å²) in [6.07, 6.45) is 0. The van der Waals surface area contributed by atoms with Crippen molar-refractivity contribution < 1.29 is 14.4 Å². The summed E-state index contributed by atoms with van der Waals surface area (Å²) in [6.45, 7) is 10.5. The molecule has 0 aliphatic heterocycles. The minimum Gasteiger partial charge on any atom is -0.352 e. The van der Waals surface area contributed by atoms with Gasteiger partial charge in [-0.2, -0.15) is 0 Å². The highest BCUT2D eigenvalue weighted by Crippen LogP contribution is 2.12. The average molecular weight is 271 g/mol. The minimum absolute atomic E-state index is 0.0300. The van der Waals surface area contributed by atoms with Gasteiger partial charge in [-0.05, 0) is 20.8 Å². The van der Waals surface area contributed by atoms with Crippen molar-refractivity contribution in [3.8, 4) is 0 Å². The lowest BCUT2D eigenvalue weighted by Crippen LogP contribution is -2.50. The first-order chi connectivity index (χ1) is 8.54. The molecule has 0 aliphatic rings. The fourth-order valence-corrected chi connectivity index (χ4v) is 1.17. The molecule has 0 saturated carbocycles. The molecule has 1 unspecified atom stereocenters. The lowest BCUT2D eigenvalue weighted by atomic mass is 9.95. The van der Waals surface area contributed by atoms with Gasteiger partial charge >= 0.3 is 0 Å². The maximum absolute atomic E-state index is 11.7. The van der Waals surface area contributed by atoms with Gasteiger partial charge in [0, 0.05) is 11.5 Å². The zero-order valence-electron chi connectivity index (χ0n) is 12.6. The topological polar surface area (TPSA) is 87.3 Å². The first-order valence-corrected chi connectivity index (χ1v) is 6.42. The van der Waals surface area contributed by atoms with Crippen LogP contribution in [0, 0.1) is 5.41 Å². The predicted octanol–water partition coefficient (Wildman–Crippen LogP) is 0.178. The Balaban J connectivity index is 4.15. The van der Waals surface area contributed by atoms with Crippen LogP contribution in [0.15, 0.2) is 0 Å². The molecule has 0 aromatic rings. The van der Waals surface area contributed by atoms with Gasteiger partial charge in [0.2, 0.25) is 17.7 Å². The number of carbonyl (C=O) groups excluding carboxylic acids is 3. The summed E-state index contributed by atoms with van der Waals surface area (Å²) in [6, 6.07) is -0.638. The van der Waals surface area contributed by atoms with Gasteiger partial charge < -0.3 is 16.0 Å². The van der Waals surface area contributed by atoms with Gasteiger partial charge in [-0.3, -0.25) is 14.4 Å². The Bertz CT molecular complexity index is 346. The summed E-state index contributed by atoms with van der Waals surface area (Å²) in [5.74, 6) is -0.837. The molecule has 6 heteroatoms. The average Bonchev–Trinajstić information content (AvgIpc) is 2.23. The highest BCUT2D eigenvalue weighted by atomic mass is 16.2. The Morgan fingerprint density at radius 3 is 1.95 bits per heavy atom. The van der Waals surface area contributed by atoms with Crippen LogP contribution in [-0.4, -0.2) is 36.3 Å². The third kappa shape index (κ3) is 7.43. The van der Waals surface area contributed by atoms with Crippen LogP contribution in [0.4, 0.5) is 0 Å². The molecule has 3 amide bonds. The van der Waals surface area contributed by atoms with Crippen LogP contribution in [0.3, 0.4) is 0 Å². The molecule has 0 heterocycles. The van der Waals surface area contributed by atoms with Gasteiger partial charge in [0.05, 0.1) is 6.54 Å². The Morgan fingerprint density at radius 2 is 1.53 bits per heavy atom. The van der Waals surface area contributed by atoms with E-state index in [2.05, 4.69) is 16.0 Å². The van der Waals surface area contributed by atoms with Gasteiger partial charge in [0.1, 0.15) is 6.04 Å². The van der Waals surface area contributed by atoms with E-state index in [-0.39, 0.29) is 30.3 Å². The molecule has 0 saturated heterocycles. The van der Waals surface area contributed by atoms with Crippen molar-refractivity contribution in [3.05, 3.63) is 0 Å². The first-order valence-electron chi connectivity index (χ1n) is 6.42. The number of carbonyl (C=O) groups is 3. The van der Waals surface area contributed by atoms with Crippen LogP contribution in [0.2, 0.25) is 0 Å². The molecule has 0 spiro atoms. The molecule has 0 radical (unpaired) electrons. The second-order valence-electron chi connectivity index (χ2n) is 5.89. The molecular formula is C13H25N3O3. The predicted molar refractivity (Wildman–Crippen MR) is 73.3 cm³/mol. The number of hydrogen-bond acceptors (Lipinski definition) is 3. The molecule has 0 aliphatic carbocycles. The van der Waals surface area contributed by atoms with Crippen molar-refractivity contribution in [2.45, 2.75) is 53.6 Å². The van der Waals surface area contributed by atoms with E-state index in [0.29, 0.717) is 0 Å². The number of nitrogens with one attached hydrogen (secondary N) is 3. The van der Waals surface area contributed by atoms with E-state index in [1.807, 2.05) is 13.8 Å². The van der Waals surface area contributed by atoms with Crippen LogP contribution in [0.1, 0.15) is 41.5 Å². The maximum Gasteiger partial charge on any atom is 0.242 e. The molecule has 0 rings (SSSR count). The van der Waals surface area contributed by atoms with Gasteiger partial charge in [-0.25, -0.2) is 0 Å². The number of amides is 3. The van der Waals surface area contributed by atoms with Crippen LogP contribution < -0.4 is 16.0 Å². The summed E-state index contributed by atoms with van der Waals surface area (Å²) in [5, 5.41) is 7.74. The third-order valence-electron chi connectivity index (χ3n) is 2.29. The van der Waals surface area contributed by atoms with Crippen molar-refractivity contribution in [1.29, 1.82) is 0 Å². The molecule has 6 nitrogen and oxygen atoms in total. The smallest absolute Gasteiger partial charge is 0.242 e. The molecule has 19 heavy (non-hydrogen) atoms. The minimum atomic E-state index is -0.668. The third-order valence-corrected chi connectivity index (χ3v) is 2.29. The Morgan fingerprint density at radius 1 is 1.00 bits per heavy atom. The van der Waals surface area contributed by atoms with E-state index in [9.17, 15) is 14.4 Å². The molecule has 0 aromatic heterocycles. The molecule has 3 N–H and O–H groups in total. The highest BCUT2D eigenvalue weighted by molar-refractivity contribution is 5.91. The molecular weight excluding hydrogens is 246 g/mol. The number of rotatable bonds is 5. The van der Waals surface area contributed by atoms with E-state index < -0.39 is 11.5 Å². The molecule has 0 bridgehead atoms. The van der Waals surface area contributed by atoms with Crippen molar-refractivity contribution >= 4 is 17.7 Å². The zero-order chi connectivity index (χ0) is 15.2. The Kier molecular flexibility index (Phi) is 6.52. The maximum atomic E-state index is 11.7. The van der Waals surface area contributed by atoms with Crippen molar-refractivity contribution in [2.75, 3.05) is 6.54 Å². The van der Waals surface area contributed by atoms with Crippen LogP contribution in [0.25, 0.3) is 0 Å². The van der Waals surface area contributed by atoms with E-state index >= 15 is 0 Å². The second kappa shape index (κ2) is 7.11. The van der Waals surface area contributed by atoms with Gasteiger partial charge in [-0.15, -0.1) is 0 Å². The zero-order valence-corrected chi connectivity index (χ0v) is 12.6. The summed E-state index contributed by atoms with van der Waals surface area (Å²) in [7, 11) is 0. The monoisotopic (exact) mass is 271 g/mol. The standard InChI is InChI=1S/C13H25N3O3/c1-8(2)15-10(17)7-14-11(18)9(3)16-12(19)13(4,5)6/h8-9H,7H2,1-6H3,(H,14,18)(H,15,17)(H,16,19). The van der Waals surface area contributed by atoms with Crippen molar-refractivity contribution in [1.82, 2.24) is 16.0 Å². The van der Waals surface area contributed by atoms with Crippen LogP contribution in [-0.2, 0) is 14.4 Å². The van der Waals surface area contributed by atoms with Crippen molar-refractivity contribution in [3.63, 3.8) is 0 Å². The summed E-state index contributed by atoms with van der Waals surface area (Å²) in [4.78, 5) is 34.7. The Labute approximate surface area is 114 Å². The first kappa shape index (κ1) is 17.4. The normalized spacial score (nSPS) is 12.8. The lowest BCUT2D eigenvalue weighted by molar-refractivity contribution is -0.133. The summed E-state index contributed by atoms with van der Waals surface area (Å²) < 4.78 is 0. The lowest BCUT2D eigenvalue weighted by Gasteiger charge is -2.21. The van der Waals surface area contributed by atoms with Gasteiger partial charge in [0.25, 0.3) is 0 Å². The summed E-state index contributed by atoms with van der Waals surface area (Å²) in [5.41, 5.74) is -0.552. The van der Waals surface area contributed by atoms with Crippen molar-refractivity contribution in [2.24, 2.45) is 5.41 Å². The SMILES string of the molecule is CC(C)NC(=O)CNC(=O)C(C)NC(=O)C(C)(C)C. The second-order valence-corrected chi connectivity index (χ2v) is 5.89. The van der Waals surface area contributed by atoms with E-state index in [1.54, 1.807) is 27.7 Å². The fourth-order valence-electron chi connectivity index (χ4n) is 1.17. The Hall–Kier alpha value is -1.59. The molecule has 0 fully saturated rings.